The minimum atomic E-state index is -0.334. The smallest absolute Gasteiger partial charge is 0.224 e. The molecule has 0 unspecified atom stereocenters. The molecule has 5 nitrogen and oxygen atoms in total. The third kappa shape index (κ3) is 3.35. The van der Waals surface area contributed by atoms with Gasteiger partial charge in [0.25, 0.3) is 0 Å². The van der Waals surface area contributed by atoms with Gasteiger partial charge in [-0.2, -0.15) is 0 Å². The molecule has 1 aromatic heterocycles. The van der Waals surface area contributed by atoms with E-state index in [-0.39, 0.29) is 17.9 Å². The molecule has 1 aliphatic rings. The minimum Gasteiger partial charge on any atom is -0.496 e. The molecule has 1 aromatic carbocycles. The Labute approximate surface area is 142 Å². The molecule has 0 aliphatic heterocycles. The Morgan fingerprint density at radius 1 is 1.38 bits per heavy atom. The first kappa shape index (κ1) is 16.3. The number of benzene rings is 1. The summed E-state index contributed by atoms with van der Waals surface area (Å²) in [6.07, 6.45) is 10.5. The van der Waals surface area contributed by atoms with Crippen molar-refractivity contribution >= 4 is 5.91 Å². The van der Waals surface area contributed by atoms with Gasteiger partial charge in [0, 0.05) is 30.9 Å². The second-order valence-electron chi connectivity index (χ2n) is 6.06. The van der Waals surface area contributed by atoms with Crippen LogP contribution in [0, 0.1) is 5.92 Å². The maximum atomic E-state index is 12.8. The Bertz CT molecular complexity index is 736. The van der Waals surface area contributed by atoms with Gasteiger partial charge in [-0.3, -0.25) is 4.79 Å². The lowest BCUT2D eigenvalue weighted by Crippen LogP contribution is -2.36. The predicted octanol–water partition coefficient (Wildman–Crippen LogP) is 2.99. The molecule has 0 bridgehead atoms. The summed E-state index contributed by atoms with van der Waals surface area (Å²) in [5, 5.41) is 3.18. The third-order valence-corrected chi connectivity index (χ3v) is 4.49. The van der Waals surface area contributed by atoms with E-state index in [0.717, 1.165) is 36.4 Å². The zero-order valence-electron chi connectivity index (χ0n) is 14.1. The number of carbonyl (C=O) groups is 1. The highest BCUT2D eigenvalue weighted by Gasteiger charge is 2.27. The summed E-state index contributed by atoms with van der Waals surface area (Å²) in [7, 11) is 3.57. The van der Waals surface area contributed by atoms with Gasteiger partial charge in [-0.25, -0.2) is 4.98 Å². The number of para-hydroxylation sites is 1. The lowest BCUT2D eigenvalue weighted by Gasteiger charge is -2.24. The topological polar surface area (TPSA) is 56.1 Å². The molecule has 126 valence electrons. The average Bonchev–Trinajstić information content (AvgIpc) is 3.06. The standard InChI is InChI=1S/C19H23N3O2/c1-22-13-12-20-18(22)17(15-10-6-7-11-16(15)24-2)21-19(23)14-8-4-3-5-9-14/h3-4,6-7,10-14,17H,5,8-9H2,1-2H3,(H,21,23)/t14-,17-/m0/s1. The van der Waals surface area contributed by atoms with Crippen LogP contribution in [0.25, 0.3) is 0 Å². The van der Waals surface area contributed by atoms with Gasteiger partial charge in [0.1, 0.15) is 17.6 Å². The van der Waals surface area contributed by atoms with Crippen LogP contribution in [0.3, 0.4) is 0 Å². The van der Waals surface area contributed by atoms with Crippen molar-refractivity contribution in [3.05, 3.63) is 60.2 Å². The third-order valence-electron chi connectivity index (χ3n) is 4.49. The van der Waals surface area contributed by atoms with Crippen LogP contribution in [0.2, 0.25) is 0 Å². The molecule has 5 heteroatoms. The van der Waals surface area contributed by atoms with Crippen LogP contribution in [0.4, 0.5) is 0 Å². The van der Waals surface area contributed by atoms with E-state index in [2.05, 4.69) is 22.5 Å². The Balaban J connectivity index is 1.92. The van der Waals surface area contributed by atoms with Gasteiger partial charge in [-0.15, -0.1) is 0 Å². The lowest BCUT2D eigenvalue weighted by molar-refractivity contribution is -0.125. The Kier molecular flexibility index (Phi) is 4.99. The molecule has 0 saturated heterocycles. The Morgan fingerprint density at radius 2 is 2.21 bits per heavy atom. The average molecular weight is 325 g/mol. The van der Waals surface area contributed by atoms with Crippen LogP contribution >= 0.6 is 0 Å². The van der Waals surface area contributed by atoms with E-state index in [1.165, 1.54) is 0 Å². The molecule has 24 heavy (non-hydrogen) atoms. The summed E-state index contributed by atoms with van der Waals surface area (Å²) < 4.78 is 7.42. The molecule has 1 aliphatic carbocycles. The Hall–Kier alpha value is -2.56. The van der Waals surface area contributed by atoms with Crippen LogP contribution in [0.5, 0.6) is 5.75 Å². The van der Waals surface area contributed by atoms with Crippen molar-refractivity contribution in [1.82, 2.24) is 14.9 Å². The maximum Gasteiger partial charge on any atom is 0.224 e. The summed E-state index contributed by atoms with van der Waals surface area (Å²) >= 11 is 0. The Morgan fingerprint density at radius 3 is 2.88 bits per heavy atom. The van der Waals surface area contributed by atoms with Crippen molar-refractivity contribution in [2.24, 2.45) is 13.0 Å². The van der Waals surface area contributed by atoms with Crippen molar-refractivity contribution in [3.8, 4) is 5.75 Å². The maximum absolute atomic E-state index is 12.8. The SMILES string of the molecule is COc1ccccc1[C@H](NC(=O)[C@H]1CC=CCC1)c1nccn1C. The molecule has 0 fully saturated rings. The molecule has 2 aromatic rings. The van der Waals surface area contributed by atoms with E-state index < -0.39 is 0 Å². The van der Waals surface area contributed by atoms with Crippen molar-refractivity contribution in [3.63, 3.8) is 0 Å². The number of hydrogen-bond acceptors (Lipinski definition) is 3. The number of amides is 1. The molecular weight excluding hydrogens is 302 g/mol. The van der Waals surface area contributed by atoms with Crippen molar-refractivity contribution in [2.75, 3.05) is 7.11 Å². The molecule has 1 amide bonds. The number of imidazole rings is 1. The first-order valence-electron chi connectivity index (χ1n) is 8.26. The van der Waals surface area contributed by atoms with Crippen LogP contribution in [0.1, 0.15) is 36.7 Å². The summed E-state index contributed by atoms with van der Waals surface area (Å²) in [5.41, 5.74) is 0.911. The fourth-order valence-corrected chi connectivity index (χ4v) is 3.13. The summed E-state index contributed by atoms with van der Waals surface area (Å²) in [6.45, 7) is 0. The number of nitrogens with one attached hydrogen (secondary N) is 1. The molecular formula is C19H23N3O2. The zero-order valence-corrected chi connectivity index (χ0v) is 14.1. The quantitative estimate of drug-likeness (QED) is 0.860. The number of nitrogens with zero attached hydrogens (tertiary/aromatic N) is 2. The summed E-state index contributed by atoms with van der Waals surface area (Å²) in [4.78, 5) is 17.2. The van der Waals surface area contributed by atoms with Crippen molar-refractivity contribution < 1.29 is 9.53 Å². The zero-order chi connectivity index (χ0) is 16.9. The minimum absolute atomic E-state index is 0.0208. The van der Waals surface area contributed by atoms with E-state index in [4.69, 9.17) is 4.74 Å². The number of hydrogen-bond donors (Lipinski definition) is 1. The van der Waals surface area contributed by atoms with Crippen LogP contribution < -0.4 is 10.1 Å². The van der Waals surface area contributed by atoms with Gasteiger partial charge < -0.3 is 14.6 Å². The molecule has 1 N–H and O–H groups in total. The van der Waals surface area contributed by atoms with E-state index in [0.29, 0.717) is 0 Å². The number of aromatic nitrogens is 2. The van der Waals surface area contributed by atoms with Gasteiger partial charge in [0.15, 0.2) is 0 Å². The largest absolute Gasteiger partial charge is 0.496 e. The highest BCUT2D eigenvalue weighted by Crippen LogP contribution is 2.30. The molecule has 0 saturated carbocycles. The molecule has 2 atom stereocenters. The molecule has 0 spiro atoms. The normalized spacial score (nSPS) is 18.2. The monoisotopic (exact) mass is 325 g/mol. The van der Waals surface area contributed by atoms with E-state index in [1.807, 2.05) is 42.1 Å². The second-order valence-corrected chi connectivity index (χ2v) is 6.06. The first-order valence-corrected chi connectivity index (χ1v) is 8.26. The van der Waals surface area contributed by atoms with Crippen LogP contribution in [0.15, 0.2) is 48.8 Å². The second kappa shape index (κ2) is 7.34. The molecule has 0 radical (unpaired) electrons. The highest BCUT2D eigenvalue weighted by molar-refractivity contribution is 5.80. The number of rotatable bonds is 5. The molecule has 1 heterocycles. The summed E-state index contributed by atoms with van der Waals surface area (Å²) in [6, 6.07) is 7.41. The fourth-order valence-electron chi connectivity index (χ4n) is 3.13. The predicted molar refractivity (Wildman–Crippen MR) is 92.7 cm³/mol. The number of allylic oxidation sites excluding steroid dienone is 2. The van der Waals surface area contributed by atoms with Gasteiger partial charge in [0.05, 0.1) is 7.11 Å². The fraction of sp³-hybridized carbons (Fsp3) is 0.368. The first-order chi connectivity index (χ1) is 11.7. The number of ether oxygens (including phenoxy) is 1. The van der Waals surface area contributed by atoms with Crippen LogP contribution in [-0.2, 0) is 11.8 Å². The van der Waals surface area contributed by atoms with E-state index in [9.17, 15) is 4.79 Å². The van der Waals surface area contributed by atoms with Gasteiger partial charge in [0.2, 0.25) is 5.91 Å². The summed E-state index contributed by atoms with van der Waals surface area (Å²) in [5.74, 6) is 1.62. The van der Waals surface area contributed by atoms with Gasteiger partial charge >= 0.3 is 0 Å². The van der Waals surface area contributed by atoms with E-state index >= 15 is 0 Å². The van der Waals surface area contributed by atoms with Gasteiger partial charge in [-0.1, -0.05) is 30.4 Å². The number of aryl methyl sites for hydroxylation is 1. The van der Waals surface area contributed by atoms with Crippen molar-refractivity contribution in [2.45, 2.75) is 25.3 Å². The number of methoxy groups -OCH3 is 1. The molecule has 3 rings (SSSR count). The lowest BCUT2D eigenvalue weighted by atomic mass is 9.93. The van der Waals surface area contributed by atoms with Crippen molar-refractivity contribution in [1.29, 1.82) is 0 Å². The highest BCUT2D eigenvalue weighted by atomic mass is 16.5. The van der Waals surface area contributed by atoms with Gasteiger partial charge in [-0.05, 0) is 25.3 Å². The van der Waals surface area contributed by atoms with E-state index in [1.54, 1.807) is 13.3 Å². The number of carbonyl (C=O) groups excluding carboxylic acids is 1. The van der Waals surface area contributed by atoms with Crippen LogP contribution in [-0.4, -0.2) is 22.6 Å².